The van der Waals surface area contributed by atoms with Crippen molar-refractivity contribution in [2.75, 3.05) is 5.32 Å². The van der Waals surface area contributed by atoms with Crippen LogP contribution in [-0.4, -0.2) is 10.9 Å². The lowest BCUT2D eigenvalue weighted by molar-refractivity contribution is -0.119. The number of nitrogens with one attached hydrogen (secondary N) is 1. The van der Waals surface area contributed by atoms with Crippen molar-refractivity contribution in [2.24, 2.45) is 5.92 Å². The molecule has 30 heavy (non-hydrogen) atoms. The van der Waals surface area contributed by atoms with Crippen LogP contribution >= 0.6 is 0 Å². The fraction of sp³-hybridized carbons (Fsp3) is 0.217. The van der Waals surface area contributed by atoms with Crippen LogP contribution in [-0.2, 0) is 11.2 Å². The van der Waals surface area contributed by atoms with Gasteiger partial charge in [0.15, 0.2) is 0 Å². The van der Waals surface area contributed by atoms with Crippen LogP contribution in [0.5, 0.6) is 0 Å². The fourth-order valence-electron chi connectivity index (χ4n) is 3.52. The normalized spacial score (nSPS) is 13.0. The topological polar surface area (TPSA) is 42.0 Å². The molecule has 0 unspecified atom stereocenters. The number of pyridine rings is 1. The van der Waals surface area contributed by atoms with E-state index in [-0.39, 0.29) is 11.3 Å². The summed E-state index contributed by atoms with van der Waals surface area (Å²) in [6.07, 6.45) is 2.75. The van der Waals surface area contributed by atoms with E-state index in [1.807, 2.05) is 0 Å². The Kier molecular flexibility index (Phi) is 6.50. The average molecular weight is 416 g/mol. The second kappa shape index (κ2) is 9.07. The van der Waals surface area contributed by atoms with Crippen LogP contribution in [0.15, 0.2) is 54.9 Å². The van der Waals surface area contributed by atoms with Gasteiger partial charge in [-0.3, -0.25) is 9.78 Å². The van der Waals surface area contributed by atoms with Crippen molar-refractivity contribution >= 4 is 11.6 Å². The highest BCUT2D eigenvalue weighted by molar-refractivity contribution is 5.93. The number of benzene rings is 2. The largest absolute Gasteiger partial charge is 0.324 e. The number of carbonyl (C=O) groups excluding carboxylic acids is 1. The summed E-state index contributed by atoms with van der Waals surface area (Å²) in [6, 6.07) is 8.39. The first-order chi connectivity index (χ1) is 14.3. The zero-order chi connectivity index (χ0) is 21.8. The third-order valence-electron chi connectivity index (χ3n) is 5.00. The van der Waals surface area contributed by atoms with E-state index < -0.39 is 41.0 Å². The van der Waals surface area contributed by atoms with Crippen LogP contribution in [0.4, 0.5) is 23.2 Å². The summed E-state index contributed by atoms with van der Waals surface area (Å²) in [4.78, 5) is 16.8. The van der Waals surface area contributed by atoms with Crippen molar-refractivity contribution < 1.29 is 22.4 Å². The maximum Gasteiger partial charge on any atom is 0.228 e. The van der Waals surface area contributed by atoms with E-state index in [9.17, 15) is 22.4 Å². The molecule has 0 fully saturated rings. The van der Waals surface area contributed by atoms with Gasteiger partial charge in [-0.15, -0.1) is 0 Å². The molecule has 0 aliphatic heterocycles. The molecule has 1 heterocycles. The molecule has 0 saturated carbocycles. The molecule has 0 aliphatic carbocycles. The van der Waals surface area contributed by atoms with Crippen LogP contribution in [0, 0.1) is 29.2 Å². The zero-order valence-corrected chi connectivity index (χ0v) is 16.4. The Morgan fingerprint density at radius 2 is 1.57 bits per heavy atom. The Hall–Kier alpha value is -3.22. The van der Waals surface area contributed by atoms with Crippen molar-refractivity contribution in [3.63, 3.8) is 0 Å². The summed E-state index contributed by atoms with van der Waals surface area (Å²) in [6.45, 7) is 3.33. The highest BCUT2D eigenvalue weighted by Gasteiger charge is 2.29. The number of halogens is 4. The second-order valence-electron chi connectivity index (χ2n) is 7.01. The Balaban J connectivity index is 1.99. The molecule has 0 radical (unpaired) electrons. The number of rotatable bonds is 6. The third-order valence-corrected chi connectivity index (χ3v) is 5.00. The van der Waals surface area contributed by atoms with E-state index in [0.717, 1.165) is 24.4 Å². The molecule has 156 valence electrons. The quantitative estimate of drug-likeness (QED) is 0.531. The number of aromatic nitrogens is 1. The van der Waals surface area contributed by atoms with Gasteiger partial charge in [0.2, 0.25) is 5.91 Å². The van der Waals surface area contributed by atoms with E-state index in [2.05, 4.69) is 10.3 Å². The van der Waals surface area contributed by atoms with Crippen molar-refractivity contribution in [1.82, 2.24) is 4.98 Å². The molecular formula is C23H20F4N2O. The summed E-state index contributed by atoms with van der Waals surface area (Å²) >= 11 is 0. The predicted octanol–water partition coefficient (Wildman–Crippen LogP) is 5.61. The Morgan fingerprint density at radius 1 is 0.933 bits per heavy atom. The van der Waals surface area contributed by atoms with Crippen LogP contribution in [0.25, 0.3) is 0 Å². The van der Waals surface area contributed by atoms with E-state index in [1.165, 1.54) is 30.5 Å². The summed E-state index contributed by atoms with van der Waals surface area (Å²) in [5.41, 5.74) is 1.28. The van der Waals surface area contributed by atoms with Gasteiger partial charge in [0.05, 0.1) is 18.1 Å². The lowest BCUT2D eigenvalue weighted by Gasteiger charge is -2.25. The minimum atomic E-state index is -0.815. The van der Waals surface area contributed by atoms with E-state index >= 15 is 0 Å². The molecular weight excluding hydrogens is 396 g/mol. The molecule has 0 saturated heterocycles. The second-order valence-corrected chi connectivity index (χ2v) is 7.01. The molecule has 0 spiro atoms. The van der Waals surface area contributed by atoms with E-state index in [4.69, 9.17) is 0 Å². The molecule has 7 heteroatoms. The molecule has 2 aromatic carbocycles. The van der Waals surface area contributed by atoms with Gasteiger partial charge in [0.25, 0.3) is 0 Å². The summed E-state index contributed by atoms with van der Waals surface area (Å²) < 4.78 is 55.1. The molecule has 1 aromatic heterocycles. The Labute approximate surface area is 171 Å². The minimum absolute atomic E-state index is 0.231. The van der Waals surface area contributed by atoms with Crippen LogP contribution < -0.4 is 5.32 Å². The van der Waals surface area contributed by atoms with Gasteiger partial charge >= 0.3 is 0 Å². The lowest BCUT2D eigenvalue weighted by atomic mass is 9.81. The molecule has 1 amide bonds. The number of hydrogen-bond donors (Lipinski definition) is 1. The smallest absolute Gasteiger partial charge is 0.228 e. The van der Waals surface area contributed by atoms with Gasteiger partial charge < -0.3 is 5.32 Å². The molecule has 1 N–H and O–H groups in total. The standard InChI is InChI=1S/C23H20F4N2O/c1-3-19-20(27)11-28-12-21(19)29-23(30)13(2)22(14-4-6-16(24)7-5-14)15-8-17(25)10-18(26)9-15/h4-13,22H,3H2,1-2H3,(H,29,30)/t13-,22-/m0/s1. The summed E-state index contributed by atoms with van der Waals surface area (Å²) in [5.74, 6) is -4.65. The number of hydrogen-bond acceptors (Lipinski definition) is 2. The number of carbonyl (C=O) groups is 1. The third kappa shape index (κ3) is 4.67. The molecule has 0 aliphatic rings. The van der Waals surface area contributed by atoms with Gasteiger partial charge in [0, 0.05) is 23.5 Å². The number of nitrogens with zero attached hydrogens (tertiary/aromatic N) is 1. The molecule has 3 aromatic rings. The minimum Gasteiger partial charge on any atom is -0.324 e. The van der Waals surface area contributed by atoms with Gasteiger partial charge in [-0.05, 0) is 41.8 Å². The highest BCUT2D eigenvalue weighted by Crippen LogP contribution is 2.34. The van der Waals surface area contributed by atoms with E-state index in [1.54, 1.807) is 13.8 Å². The van der Waals surface area contributed by atoms with Crippen LogP contribution in [0.3, 0.4) is 0 Å². The molecule has 3 nitrogen and oxygen atoms in total. The van der Waals surface area contributed by atoms with Crippen LogP contribution in [0.1, 0.15) is 36.5 Å². The summed E-state index contributed by atoms with van der Waals surface area (Å²) in [7, 11) is 0. The predicted molar refractivity (Wildman–Crippen MR) is 106 cm³/mol. The molecule has 2 atom stereocenters. The van der Waals surface area contributed by atoms with Crippen molar-refractivity contribution in [3.05, 3.63) is 94.8 Å². The molecule has 3 rings (SSSR count). The van der Waals surface area contributed by atoms with Crippen molar-refractivity contribution in [1.29, 1.82) is 0 Å². The Bertz CT molecular complexity index is 1030. The average Bonchev–Trinajstić information content (AvgIpc) is 2.69. The number of anilines is 1. The number of amides is 1. The maximum absolute atomic E-state index is 14.0. The first-order valence-electron chi connectivity index (χ1n) is 9.44. The van der Waals surface area contributed by atoms with Crippen LogP contribution in [0.2, 0.25) is 0 Å². The SMILES string of the molecule is CCc1c(F)cncc1NC(=O)[C@@H](C)[C@@H](c1ccc(F)cc1)c1cc(F)cc(F)c1. The Morgan fingerprint density at radius 3 is 2.17 bits per heavy atom. The first kappa shape index (κ1) is 21.5. The van der Waals surface area contributed by atoms with Crippen molar-refractivity contribution in [3.8, 4) is 0 Å². The maximum atomic E-state index is 14.0. The van der Waals surface area contributed by atoms with Gasteiger partial charge in [-0.2, -0.15) is 0 Å². The van der Waals surface area contributed by atoms with Gasteiger partial charge in [-0.1, -0.05) is 26.0 Å². The molecule has 0 bridgehead atoms. The summed E-state index contributed by atoms with van der Waals surface area (Å²) in [5, 5.41) is 2.66. The van der Waals surface area contributed by atoms with E-state index in [0.29, 0.717) is 17.5 Å². The highest BCUT2D eigenvalue weighted by atomic mass is 19.1. The fourth-order valence-corrected chi connectivity index (χ4v) is 3.52. The van der Waals surface area contributed by atoms with Crippen molar-refractivity contribution in [2.45, 2.75) is 26.2 Å². The monoisotopic (exact) mass is 416 g/mol. The van der Waals surface area contributed by atoms with Gasteiger partial charge in [0.1, 0.15) is 23.3 Å². The first-order valence-corrected chi connectivity index (χ1v) is 9.44. The lowest BCUT2D eigenvalue weighted by Crippen LogP contribution is -2.27. The van der Waals surface area contributed by atoms with Gasteiger partial charge in [-0.25, -0.2) is 17.6 Å². The zero-order valence-electron chi connectivity index (χ0n) is 16.4.